The van der Waals surface area contributed by atoms with Crippen LogP contribution in [0.15, 0.2) is 36.4 Å². The number of benzene rings is 1. The quantitative estimate of drug-likeness (QED) is 0.792. The maximum atomic E-state index is 13.5. The van der Waals surface area contributed by atoms with Crippen LogP contribution in [0.3, 0.4) is 0 Å². The van der Waals surface area contributed by atoms with Crippen molar-refractivity contribution in [1.29, 1.82) is 0 Å². The Hall–Kier alpha value is -2.90. The van der Waals surface area contributed by atoms with Gasteiger partial charge in [-0.15, -0.1) is 10.2 Å². The van der Waals surface area contributed by atoms with Crippen LogP contribution >= 0.6 is 0 Å². The number of ether oxygens (including phenoxy) is 3. The Morgan fingerprint density at radius 3 is 2.72 bits per heavy atom. The lowest BCUT2D eigenvalue weighted by molar-refractivity contribution is -0.132. The number of amides is 1. The summed E-state index contributed by atoms with van der Waals surface area (Å²) in [6.45, 7) is 0.761. The second-order valence-electron chi connectivity index (χ2n) is 5.50. The molecule has 8 heteroatoms. The third-order valence-electron chi connectivity index (χ3n) is 3.80. The van der Waals surface area contributed by atoms with Crippen molar-refractivity contribution >= 4 is 5.91 Å². The van der Waals surface area contributed by atoms with Gasteiger partial charge in [-0.3, -0.25) is 4.79 Å². The Morgan fingerprint density at radius 1 is 1.24 bits per heavy atom. The SMILES string of the molecule is COc1ccc(O[C@H]2CCN(C(=O)COc3ccccc3F)C2)nn1. The Labute approximate surface area is 144 Å². The number of hydrogen-bond acceptors (Lipinski definition) is 6. The molecule has 0 N–H and O–H groups in total. The molecule has 1 aromatic heterocycles. The first-order valence-corrected chi connectivity index (χ1v) is 7.85. The van der Waals surface area contributed by atoms with Crippen molar-refractivity contribution in [3.8, 4) is 17.5 Å². The number of aromatic nitrogens is 2. The van der Waals surface area contributed by atoms with Crippen molar-refractivity contribution in [2.75, 3.05) is 26.8 Å². The van der Waals surface area contributed by atoms with E-state index in [-0.39, 0.29) is 24.4 Å². The summed E-state index contributed by atoms with van der Waals surface area (Å²) in [6, 6.07) is 9.31. The molecule has 0 saturated carbocycles. The van der Waals surface area contributed by atoms with E-state index in [1.165, 1.54) is 19.2 Å². The molecular weight excluding hydrogens is 329 g/mol. The van der Waals surface area contributed by atoms with E-state index in [1.54, 1.807) is 29.2 Å². The number of nitrogens with zero attached hydrogens (tertiary/aromatic N) is 3. The zero-order valence-electron chi connectivity index (χ0n) is 13.7. The van der Waals surface area contributed by atoms with Gasteiger partial charge in [-0.05, 0) is 12.1 Å². The van der Waals surface area contributed by atoms with Gasteiger partial charge >= 0.3 is 0 Å². The summed E-state index contributed by atoms with van der Waals surface area (Å²) >= 11 is 0. The van der Waals surface area contributed by atoms with Crippen molar-refractivity contribution in [2.45, 2.75) is 12.5 Å². The minimum Gasteiger partial charge on any atom is -0.481 e. The molecular formula is C17H18FN3O4. The van der Waals surface area contributed by atoms with Crippen LogP contribution in [0.2, 0.25) is 0 Å². The van der Waals surface area contributed by atoms with Crippen LogP contribution in [0.1, 0.15) is 6.42 Å². The average Bonchev–Trinajstić information content (AvgIpc) is 3.10. The number of para-hydroxylation sites is 1. The van der Waals surface area contributed by atoms with Gasteiger partial charge < -0.3 is 19.1 Å². The van der Waals surface area contributed by atoms with Crippen molar-refractivity contribution in [3.63, 3.8) is 0 Å². The molecule has 3 rings (SSSR count). The Morgan fingerprint density at radius 2 is 2.00 bits per heavy atom. The lowest BCUT2D eigenvalue weighted by atomic mass is 10.3. The van der Waals surface area contributed by atoms with Gasteiger partial charge in [0.25, 0.3) is 5.91 Å². The summed E-state index contributed by atoms with van der Waals surface area (Å²) in [5.74, 6) is 0.145. The summed E-state index contributed by atoms with van der Waals surface area (Å²) < 4.78 is 29.4. The summed E-state index contributed by atoms with van der Waals surface area (Å²) in [7, 11) is 1.51. The highest BCUT2D eigenvalue weighted by Gasteiger charge is 2.28. The number of carbonyl (C=O) groups is 1. The number of rotatable bonds is 6. The minimum atomic E-state index is -0.490. The molecule has 1 aliphatic rings. The number of hydrogen-bond donors (Lipinski definition) is 0. The zero-order valence-corrected chi connectivity index (χ0v) is 13.7. The molecule has 2 aromatic rings. The van der Waals surface area contributed by atoms with Crippen LogP contribution in [-0.2, 0) is 4.79 Å². The molecule has 0 bridgehead atoms. The fraction of sp³-hybridized carbons (Fsp3) is 0.353. The Bertz CT molecular complexity index is 726. The fourth-order valence-electron chi connectivity index (χ4n) is 2.49. The smallest absolute Gasteiger partial charge is 0.260 e. The average molecular weight is 347 g/mol. The molecule has 0 radical (unpaired) electrons. The molecule has 1 fully saturated rings. The zero-order chi connectivity index (χ0) is 17.6. The maximum absolute atomic E-state index is 13.5. The first-order chi connectivity index (χ1) is 12.2. The van der Waals surface area contributed by atoms with E-state index in [9.17, 15) is 9.18 Å². The number of halogens is 1. The van der Waals surface area contributed by atoms with Crippen LogP contribution in [0.4, 0.5) is 4.39 Å². The molecule has 1 amide bonds. The van der Waals surface area contributed by atoms with E-state index in [4.69, 9.17) is 14.2 Å². The maximum Gasteiger partial charge on any atom is 0.260 e. The summed E-state index contributed by atoms with van der Waals surface area (Å²) in [6.07, 6.45) is 0.513. The van der Waals surface area contributed by atoms with E-state index in [2.05, 4.69) is 10.2 Å². The van der Waals surface area contributed by atoms with Crippen LogP contribution in [0.5, 0.6) is 17.5 Å². The van der Waals surface area contributed by atoms with Gasteiger partial charge in [-0.25, -0.2) is 4.39 Å². The third kappa shape index (κ3) is 4.34. The molecule has 0 spiro atoms. The second-order valence-corrected chi connectivity index (χ2v) is 5.50. The van der Waals surface area contributed by atoms with Gasteiger partial charge in [0.15, 0.2) is 18.2 Å². The highest BCUT2D eigenvalue weighted by molar-refractivity contribution is 5.78. The highest BCUT2D eigenvalue weighted by atomic mass is 19.1. The lowest BCUT2D eigenvalue weighted by Gasteiger charge is -2.17. The second kappa shape index (κ2) is 7.78. The molecule has 2 heterocycles. The lowest BCUT2D eigenvalue weighted by Crippen LogP contribution is -2.34. The highest BCUT2D eigenvalue weighted by Crippen LogP contribution is 2.19. The van der Waals surface area contributed by atoms with Crippen molar-refractivity contribution in [2.24, 2.45) is 0 Å². The fourth-order valence-corrected chi connectivity index (χ4v) is 2.49. The van der Waals surface area contributed by atoms with Crippen LogP contribution in [-0.4, -0.2) is 53.9 Å². The van der Waals surface area contributed by atoms with Gasteiger partial charge in [0.2, 0.25) is 11.8 Å². The number of likely N-dealkylation sites (tertiary alicyclic amines) is 1. The van der Waals surface area contributed by atoms with E-state index in [1.807, 2.05) is 0 Å². The van der Waals surface area contributed by atoms with Crippen molar-refractivity contribution < 1.29 is 23.4 Å². The first kappa shape index (κ1) is 16.9. The van der Waals surface area contributed by atoms with Crippen molar-refractivity contribution in [3.05, 3.63) is 42.2 Å². The van der Waals surface area contributed by atoms with E-state index < -0.39 is 5.82 Å². The van der Waals surface area contributed by atoms with E-state index in [0.29, 0.717) is 31.3 Å². The monoisotopic (exact) mass is 347 g/mol. The van der Waals surface area contributed by atoms with E-state index in [0.717, 1.165) is 0 Å². The normalized spacial score (nSPS) is 16.6. The molecule has 0 unspecified atom stereocenters. The molecule has 132 valence electrons. The molecule has 0 aliphatic carbocycles. The van der Waals surface area contributed by atoms with Gasteiger partial charge in [0, 0.05) is 25.1 Å². The molecule has 7 nitrogen and oxygen atoms in total. The summed E-state index contributed by atoms with van der Waals surface area (Å²) in [4.78, 5) is 13.8. The largest absolute Gasteiger partial charge is 0.481 e. The third-order valence-corrected chi connectivity index (χ3v) is 3.80. The first-order valence-electron chi connectivity index (χ1n) is 7.85. The number of methoxy groups -OCH3 is 1. The van der Waals surface area contributed by atoms with Gasteiger partial charge in [0.05, 0.1) is 13.7 Å². The topological polar surface area (TPSA) is 73.8 Å². The molecule has 1 saturated heterocycles. The summed E-state index contributed by atoms with van der Waals surface area (Å²) in [5.41, 5.74) is 0. The predicted octanol–water partition coefficient (Wildman–Crippen LogP) is 1.68. The van der Waals surface area contributed by atoms with Crippen molar-refractivity contribution in [1.82, 2.24) is 15.1 Å². The van der Waals surface area contributed by atoms with Crippen LogP contribution < -0.4 is 14.2 Å². The van der Waals surface area contributed by atoms with Gasteiger partial charge in [-0.2, -0.15) is 0 Å². The van der Waals surface area contributed by atoms with E-state index >= 15 is 0 Å². The molecule has 25 heavy (non-hydrogen) atoms. The van der Waals surface area contributed by atoms with Gasteiger partial charge in [0.1, 0.15) is 6.10 Å². The molecule has 1 aromatic carbocycles. The standard InChI is InChI=1S/C17H18FN3O4/c1-23-15-6-7-16(20-19-15)25-12-8-9-21(10-12)17(22)11-24-14-5-3-2-4-13(14)18/h2-7,12H,8-11H2,1H3/t12-/m0/s1. The summed E-state index contributed by atoms with van der Waals surface area (Å²) in [5, 5.41) is 7.73. The molecule has 1 atom stereocenters. The molecule has 1 aliphatic heterocycles. The van der Waals surface area contributed by atoms with Crippen LogP contribution in [0.25, 0.3) is 0 Å². The minimum absolute atomic E-state index is 0.0661. The van der Waals surface area contributed by atoms with Crippen LogP contribution in [0, 0.1) is 5.82 Å². The predicted molar refractivity (Wildman–Crippen MR) is 86.1 cm³/mol. The Kier molecular flexibility index (Phi) is 5.27. The number of carbonyl (C=O) groups excluding carboxylic acids is 1. The van der Waals surface area contributed by atoms with Gasteiger partial charge in [-0.1, -0.05) is 12.1 Å². The Balaban J connectivity index is 1.48.